The lowest BCUT2D eigenvalue weighted by Crippen LogP contribution is -2.52. The Morgan fingerprint density at radius 3 is 2.11 bits per heavy atom. The summed E-state index contributed by atoms with van der Waals surface area (Å²) < 4.78 is 15.4. The van der Waals surface area contributed by atoms with Crippen molar-refractivity contribution in [3.63, 3.8) is 0 Å². The van der Waals surface area contributed by atoms with Crippen LogP contribution in [-0.4, -0.2) is 23.3 Å². The molecule has 2 heterocycles. The number of halogens is 1. The molecule has 100 valence electrons. The van der Waals surface area contributed by atoms with E-state index in [4.69, 9.17) is 25.8 Å². The van der Waals surface area contributed by atoms with E-state index in [1.807, 2.05) is 0 Å². The van der Waals surface area contributed by atoms with Gasteiger partial charge in [-0.25, -0.2) is 9.59 Å². The quantitative estimate of drug-likeness (QED) is 0.448. The van der Waals surface area contributed by atoms with Crippen LogP contribution >= 0.6 is 11.6 Å². The Labute approximate surface area is 114 Å². The van der Waals surface area contributed by atoms with Gasteiger partial charge in [-0.3, -0.25) is 0 Å². The molecule has 0 radical (unpaired) electrons. The van der Waals surface area contributed by atoms with Crippen LogP contribution in [0.25, 0.3) is 0 Å². The monoisotopic (exact) mass is 282 g/mol. The van der Waals surface area contributed by atoms with Crippen LogP contribution in [-0.2, 0) is 23.8 Å². The minimum Gasteiger partial charge on any atom is -0.420 e. The molecule has 5 nitrogen and oxygen atoms in total. The van der Waals surface area contributed by atoms with E-state index in [1.165, 1.54) is 13.8 Å². The summed E-state index contributed by atoms with van der Waals surface area (Å²) in [4.78, 5) is 24.0. The molecular formula is C13H11ClO5. The summed E-state index contributed by atoms with van der Waals surface area (Å²) in [5.41, 5.74) is -0.971. The van der Waals surface area contributed by atoms with Crippen molar-refractivity contribution in [2.24, 2.45) is 0 Å². The maximum Gasteiger partial charge on any atom is 0.356 e. The molecule has 0 N–H and O–H groups in total. The second-order valence-corrected chi connectivity index (χ2v) is 5.40. The van der Waals surface area contributed by atoms with Gasteiger partial charge in [-0.15, -0.1) is 0 Å². The van der Waals surface area contributed by atoms with Crippen LogP contribution in [0.2, 0.25) is 5.02 Å². The van der Waals surface area contributed by atoms with Crippen molar-refractivity contribution >= 4 is 23.5 Å². The summed E-state index contributed by atoms with van der Waals surface area (Å²) >= 11 is 5.78. The normalized spacial score (nSPS) is 26.8. The standard InChI is InChI=1S/C13H11ClO5/c1-12(2)18-10(15)13(11(16)19-12)9(17-13)7-3-5-8(14)6-4-7/h3-6,9H,1-2H3. The fourth-order valence-corrected chi connectivity index (χ4v) is 2.23. The highest BCUT2D eigenvalue weighted by Gasteiger charge is 2.75. The average molecular weight is 283 g/mol. The molecule has 3 rings (SSSR count). The molecule has 1 spiro atoms. The Balaban J connectivity index is 1.89. The summed E-state index contributed by atoms with van der Waals surface area (Å²) in [5.74, 6) is -2.68. The van der Waals surface area contributed by atoms with Crippen LogP contribution in [0.5, 0.6) is 0 Å². The highest BCUT2D eigenvalue weighted by atomic mass is 35.5. The van der Waals surface area contributed by atoms with Crippen molar-refractivity contribution in [1.82, 2.24) is 0 Å². The Hall–Kier alpha value is -1.59. The first kappa shape index (κ1) is 12.4. The molecule has 1 unspecified atom stereocenters. The number of rotatable bonds is 1. The van der Waals surface area contributed by atoms with Gasteiger partial charge >= 0.3 is 11.9 Å². The first-order valence-corrected chi connectivity index (χ1v) is 6.13. The number of carbonyl (C=O) groups is 2. The summed E-state index contributed by atoms with van der Waals surface area (Å²) in [7, 11) is 0. The molecule has 2 aliphatic rings. The van der Waals surface area contributed by atoms with Crippen LogP contribution in [0, 0.1) is 0 Å². The van der Waals surface area contributed by atoms with Gasteiger partial charge in [0.05, 0.1) is 0 Å². The lowest BCUT2D eigenvalue weighted by Gasteiger charge is -2.31. The maximum absolute atomic E-state index is 12.0. The van der Waals surface area contributed by atoms with E-state index in [1.54, 1.807) is 24.3 Å². The predicted molar refractivity (Wildman–Crippen MR) is 64.3 cm³/mol. The van der Waals surface area contributed by atoms with Crippen molar-refractivity contribution in [3.05, 3.63) is 34.9 Å². The highest BCUT2D eigenvalue weighted by molar-refractivity contribution is 6.30. The van der Waals surface area contributed by atoms with Crippen LogP contribution in [0.3, 0.4) is 0 Å². The third-order valence-electron chi connectivity index (χ3n) is 3.07. The molecule has 0 aromatic heterocycles. The molecule has 2 aliphatic heterocycles. The molecule has 0 bridgehead atoms. The van der Waals surface area contributed by atoms with Crippen molar-refractivity contribution in [2.45, 2.75) is 31.3 Å². The van der Waals surface area contributed by atoms with Gasteiger partial charge in [0.15, 0.2) is 0 Å². The van der Waals surface area contributed by atoms with Gasteiger partial charge in [-0.1, -0.05) is 23.7 Å². The number of hydrogen-bond acceptors (Lipinski definition) is 5. The van der Waals surface area contributed by atoms with Crippen molar-refractivity contribution in [3.8, 4) is 0 Å². The van der Waals surface area contributed by atoms with Crippen molar-refractivity contribution in [2.75, 3.05) is 0 Å². The van der Waals surface area contributed by atoms with Crippen molar-refractivity contribution < 1.29 is 23.8 Å². The molecule has 2 saturated heterocycles. The van der Waals surface area contributed by atoms with E-state index in [0.29, 0.717) is 10.6 Å². The third-order valence-corrected chi connectivity index (χ3v) is 3.32. The molecule has 1 atom stereocenters. The molecule has 6 heteroatoms. The zero-order valence-corrected chi connectivity index (χ0v) is 11.1. The molecule has 0 saturated carbocycles. The summed E-state index contributed by atoms with van der Waals surface area (Å²) in [6.07, 6.45) is -0.680. The number of epoxide rings is 1. The maximum atomic E-state index is 12.0. The minimum absolute atomic E-state index is 0.563. The Morgan fingerprint density at radius 1 is 1.05 bits per heavy atom. The second-order valence-electron chi connectivity index (χ2n) is 4.96. The molecule has 2 fully saturated rings. The van der Waals surface area contributed by atoms with Crippen LogP contribution < -0.4 is 0 Å². The first-order chi connectivity index (χ1) is 8.85. The second kappa shape index (κ2) is 3.71. The summed E-state index contributed by atoms with van der Waals surface area (Å²) in [5, 5.41) is 0.563. The highest BCUT2D eigenvalue weighted by Crippen LogP contribution is 2.54. The van der Waals surface area contributed by atoms with Gasteiger partial charge in [-0.05, 0) is 17.7 Å². The molecule has 1 aromatic rings. The zero-order valence-electron chi connectivity index (χ0n) is 10.3. The van der Waals surface area contributed by atoms with Crippen LogP contribution in [0.4, 0.5) is 0 Å². The van der Waals surface area contributed by atoms with Gasteiger partial charge in [0, 0.05) is 18.9 Å². The van der Waals surface area contributed by atoms with E-state index >= 15 is 0 Å². The minimum atomic E-state index is -1.65. The summed E-state index contributed by atoms with van der Waals surface area (Å²) in [6.45, 7) is 2.99. The lowest BCUT2D eigenvalue weighted by molar-refractivity contribution is -0.241. The lowest BCUT2D eigenvalue weighted by atomic mass is 9.98. The SMILES string of the molecule is CC1(C)OC(=O)C2(OC2c2ccc(Cl)cc2)C(=O)O1. The van der Waals surface area contributed by atoms with Gasteiger partial charge in [0.2, 0.25) is 0 Å². The smallest absolute Gasteiger partial charge is 0.356 e. The number of carbonyl (C=O) groups excluding carboxylic acids is 2. The van der Waals surface area contributed by atoms with Crippen LogP contribution in [0.15, 0.2) is 24.3 Å². The Kier molecular flexibility index (Phi) is 2.43. The third kappa shape index (κ3) is 1.81. The van der Waals surface area contributed by atoms with Gasteiger partial charge < -0.3 is 14.2 Å². The molecular weight excluding hydrogens is 272 g/mol. The number of ether oxygens (including phenoxy) is 3. The van der Waals surface area contributed by atoms with E-state index in [-0.39, 0.29) is 0 Å². The molecule has 0 aliphatic carbocycles. The van der Waals surface area contributed by atoms with E-state index < -0.39 is 29.4 Å². The van der Waals surface area contributed by atoms with E-state index in [2.05, 4.69) is 0 Å². The van der Waals surface area contributed by atoms with E-state index in [0.717, 1.165) is 0 Å². The summed E-state index contributed by atoms with van der Waals surface area (Å²) in [6, 6.07) is 6.72. The van der Waals surface area contributed by atoms with Gasteiger partial charge in [0.1, 0.15) is 6.10 Å². The fourth-order valence-electron chi connectivity index (χ4n) is 2.10. The van der Waals surface area contributed by atoms with E-state index in [9.17, 15) is 9.59 Å². The van der Waals surface area contributed by atoms with Crippen LogP contribution in [0.1, 0.15) is 25.5 Å². The number of hydrogen-bond donors (Lipinski definition) is 0. The predicted octanol–water partition coefficient (Wildman–Crippen LogP) is 1.99. The van der Waals surface area contributed by atoms with Gasteiger partial charge in [0.25, 0.3) is 11.4 Å². The topological polar surface area (TPSA) is 65.1 Å². The number of cyclic esters (lactones) is 2. The first-order valence-electron chi connectivity index (χ1n) is 5.75. The molecule has 1 aromatic carbocycles. The molecule has 19 heavy (non-hydrogen) atoms. The molecule has 0 amide bonds. The Morgan fingerprint density at radius 2 is 1.58 bits per heavy atom. The van der Waals surface area contributed by atoms with Crippen molar-refractivity contribution in [1.29, 1.82) is 0 Å². The zero-order chi connectivity index (χ0) is 13.8. The Bertz CT molecular complexity index is 543. The fraction of sp³-hybridized carbons (Fsp3) is 0.385. The number of benzene rings is 1. The largest absolute Gasteiger partial charge is 0.420 e. The number of esters is 2. The average Bonchev–Trinajstić information content (AvgIpc) is 3.03. The van der Waals surface area contributed by atoms with Gasteiger partial charge in [-0.2, -0.15) is 0 Å².